The summed E-state index contributed by atoms with van der Waals surface area (Å²) in [5.74, 6) is -0.517. The zero-order chi connectivity index (χ0) is 17.1. The van der Waals surface area contributed by atoms with Gasteiger partial charge in [0.15, 0.2) is 0 Å². The summed E-state index contributed by atoms with van der Waals surface area (Å²) in [6, 6.07) is 4.89. The Morgan fingerprint density at radius 3 is 2.78 bits per heavy atom. The minimum absolute atomic E-state index is 0.131. The number of hydrogen-bond acceptors (Lipinski definition) is 5. The zero-order valence-corrected chi connectivity index (χ0v) is 13.0. The maximum atomic E-state index is 11.9. The van der Waals surface area contributed by atoms with Crippen molar-refractivity contribution >= 4 is 12.0 Å². The van der Waals surface area contributed by atoms with Gasteiger partial charge in [-0.25, -0.2) is 9.59 Å². The van der Waals surface area contributed by atoms with Crippen molar-refractivity contribution in [3.05, 3.63) is 56.9 Å². The van der Waals surface area contributed by atoms with E-state index in [0.29, 0.717) is 5.56 Å². The molecule has 23 heavy (non-hydrogen) atoms. The first-order chi connectivity index (χ1) is 10.9. The first kappa shape index (κ1) is 16.5. The Balaban J connectivity index is 2.47. The SMILES string of the molecule is CCOC(=O)c1cccc(C2NC(=O)N(C)C(C)=C2[N+](=O)[O-])c1. The molecule has 1 unspecified atom stereocenters. The molecule has 1 aromatic carbocycles. The molecular weight excluding hydrogens is 302 g/mol. The quantitative estimate of drug-likeness (QED) is 0.520. The van der Waals surface area contributed by atoms with Crippen LogP contribution in [0.5, 0.6) is 0 Å². The number of carbonyl (C=O) groups excluding carboxylic acids is 2. The van der Waals surface area contributed by atoms with Gasteiger partial charge in [0.05, 0.1) is 22.8 Å². The number of allylic oxidation sites excluding steroid dienone is 1. The Morgan fingerprint density at radius 2 is 2.17 bits per heavy atom. The van der Waals surface area contributed by atoms with Crippen molar-refractivity contribution in [1.82, 2.24) is 10.2 Å². The molecule has 0 saturated heterocycles. The van der Waals surface area contributed by atoms with E-state index in [2.05, 4.69) is 5.32 Å². The van der Waals surface area contributed by atoms with Crippen LogP contribution in [0.3, 0.4) is 0 Å². The van der Waals surface area contributed by atoms with E-state index in [4.69, 9.17) is 4.74 Å². The van der Waals surface area contributed by atoms with Gasteiger partial charge in [-0.3, -0.25) is 15.0 Å². The molecular formula is C15H17N3O5. The molecule has 1 N–H and O–H groups in total. The maximum absolute atomic E-state index is 11.9. The van der Waals surface area contributed by atoms with Crippen LogP contribution in [0.25, 0.3) is 0 Å². The zero-order valence-electron chi connectivity index (χ0n) is 13.0. The molecule has 122 valence electrons. The highest BCUT2D eigenvalue weighted by molar-refractivity contribution is 5.89. The molecule has 2 rings (SSSR count). The predicted octanol–water partition coefficient (Wildman–Crippen LogP) is 2.07. The predicted molar refractivity (Wildman–Crippen MR) is 81.1 cm³/mol. The van der Waals surface area contributed by atoms with Crippen LogP contribution in [0.2, 0.25) is 0 Å². The molecule has 1 aliphatic rings. The van der Waals surface area contributed by atoms with Gasteiger partial charge in [-0.1, -0.05) is 12.1 Å². The number of rotatable bonds is 4. The second kappa shape index (κ2) is 6.47. The minimum atomic E-state index is -0.928. The topological polar surface area (TPSA) is 102 Å². The lowest BCUT2D eigenvalue weighted by Gasteiger charge is -2.29. The maximum Gasteiger partial charge on any atom is 0.338 e. The average molecular weight is 319 g/mol. The molecule has 1 aromatic rings. The number of urea groups is 1. The molecule has 0 radical (unpaired) electrons. The molecule has 0 spiro atoms. The number of hydrogen-bond donors (Lipinski definition) is 1. The second-order valence-electron chi connectivity index (χ2n) is 5.02. The number of nitro groups is 1. The van der Waals surface area contributed by atoms with Gasteiger partial charge < -0.3 is 10.1 Å². The highest BCUT2D eigenvalue weighted by atomic mass is 16.6. The van der Waals surface area contributed by atoms with Gasteiger partial charge in [0, 0.05) is 7.05 Å². The lowest BCUT2D eigenvalue weighted by molar-refractivity contribution is -0.433. The first-order valence-electron chi connectivity index (χ1n) is 7.03. The van der Waals surface area contributed by atoms with E-state index < -0.39 is 23.0 Å². The van der Waals surface area contributed by atoms with Crippen LogP contribution in [0, 0.1) is 10.1 Å². The summed E-state index contributed by atoms with van der Waals surface area (Å²) in [4.78, 5) is 35.8. The summed E-state index contributed by atoms with van der Waals surface area (Å²) in [5, 5.41) is 14.0. The van der Waals surface area contributed by atoms with Crippen LogP contribution in [-0.4, -0.2) is 35.5 Å². The number of esters is 1. The van der Waals surface area contributed by atoms with E-state index in [9.17, 15) is 19.7 Å². The van der Waals surface area contributed by atoms with Crippen molar-refractivity contribution in [1.29, 1.82) is 0 Å². The fraction of sp³-hybridized carbons (Fsp3) is 0.333. The molecule has 1 atom stereocenters. The van der Waals surface area contributed by atoms with Gasteiger partial charge in [0.2, 0.25) is 0 Å². The third-order valence-corrected chi connectivity index (χ3v) is 3.65. The summed E-state index contributed by atoms with van der Waals surface area (Å²) in [7, 11) is 1.46. The van der Waals surface area contributed by atoms with Crippen LogP contribution >= 0.6 is 0 Å². The van der Waals surface area contributed by atoms with Crippen molar-refractivity contribution in [2.24, 2.45) is 0 Å². The molecule has 1 aliphatic heterocycles. The van der Waals surface area contributed by atoms with Crippen LogP contribution in [0.4, 0.5) is 4.79 Å². The normalized spacial score (nSPS) is 17.8. The number of nitrogens with zero attached hydrogens (tertiary/aromatic N) is 2. The fourth-order valence-electron chi connectivity index (χ4n) is 2.36. The van der Waals surface area contributed by atoms with Crippen LogP contribution in [0.1, 0.15) is 35.8 Å². The van der Waals surface area contributed by atoms with Crippen LogP contribution < -0.4 is 5.32 Å². The average Bonchev–Trinajstić information content (AvgIpc) is 2.52. The molecule has 0 aromatic heterocycles. The molecule has 2 amide bonds. The Labute approximate surface area is 132 Å². The number of nitrogens with one attached hydrogen (secondary N) is 1. The largest absolute Gasteiger partial charge is 0.462 e. The number of ether oxygens (including phenoxy) is 1. The lowest BCUT2D eigenvalue weighted by Crippen LogP contribution is -2.46. The third-order valence-electron chi connectivity index (χ3n) is 3.65. The van der Waals surface area contributed by atoms with E-state index in [1.165, 1.54) is 24.9 Å². The van der Waals surface area contributed by atoms with E-state index in [-0.39, 0.29) is 23.6 Å². The minimum Gasteiger partial charge on any atom is -0.462 e. The van der Waals surface area contributed by atoms with Gasteiger partial charge >= 0.3 is 12.0 Å². The van der Waals surface area contributed by atoms with Gasteiger partial charge in [-0.15, -0.1) is 0 Å². The summed E-state index contributed by atoms with van der Waals surface area (Å²) < 4.78 is 4.92. The first-order valence-corrected chi connectivity index (χ1v) is 7.03. The fourth-order valence-corrected chi connectivity index (χ4v) is 2.36. The third kappa shape index (κ3) is 3.15. The summed E-state index contributed by atoms with van der Waals surface area (Å²) >= 11 is 0. The number of amides is 2. The molecule has 0 aliphatic carbocycles. The lowest BCUT2D eigenvalue weighted by atomic mass is 9.99. The Kier molecular flexibility index (Phi) is 4.63. The van der Waals surface area contributed by atoms with E-state index in [1.807, 2.05) is 0 Å². The monoisotopic (exact) mass is 319 g/mol. The van der Waals surface area contributed by atoms with Crippen LogP contribution in [0.15, 0.2) is 35.7 Å². The van der Waals surface area contributed by atoms with Crippen molar-refractivity contribution in [2.45, 2.75) is 19.9 Å². The van der Waals surface area contributed by atoms with Gasteiger partial charge in [0.25, 0.3) is 5.70 Å². The Hall–Kier alpha value is -2.90. The molecule has 0 saturated carbocycles. The Bertz CT molecular complexity index is 698. The summed E-state index contributed by atoms with van der Waals surface area (Å²) in [5.41, 5.74) is 0.847. The summed E-state index contributed by atoms with van der Waals surface area (Å²) in [6.45, 7) is 3.43. The van der Waals surface area contributed by atoms with E-state index in [1.54, 1.807) is 25.1 Å². The van der Waals surface area contributed by atoms with Gasteiger partial charge in [0.1, 0.15) is 6.04 Å². The molecule has 8 nitrogen and oxygen atoms in total. The Morgan fingerprint density at radius 1 is 1.48 bits per heavy atom. The van der Waals surface area contributed by atoms with Gasteiger partial charge in [-0.2, -0.15) is 0 Å². The van der Waals surface area contributed by atoms with Crippen molar-refractivity contribution < 1.29 is 19.2 Å². The summed E-state index contributed by atoms with van der Waals surface area (Å²) in [6.07, 6.45) is 0. The van der Waals surface area contributed by atoms with Crippen LogP contribution in [-0.2, 0) is 4.74 Å². The van der Waals surface area contributed by atoms with Crippen molar-refractivity contribution in [3.8, 4) is 0 Å². The second-order valence-corrected chi connectivity index (χ2v) is 5.02. The smallest absolute Gasteiger partial charge is 0.338 e. The number of benzene rings is 1. The molecule has 1 heterocycles. The highest BCUT2D eigenvalue weighted by Gasteiger charge is 2.38. The van der Waals surface area contributed by atoms with Crippen molar-refractivity contribution in [2.75, 3.05) is 13.7 Å². The van der Waals surface area contributed by atoms with E-state index in [0.717, 1.165) is 0 Å². The van der Waals surface area contributed by atoms with Gasteiger partial charge in [-0.05, 0) is 31.5 Å². The van der Waals surface area contributed by atoms with Crippen molar-refractivity contribution in [3.63, 3.8) is 0 Å². The molecule has 8 heteroatoms. The molecule has 0 fully saturated rings. The molecule has 0 bridgehead atoms. The highest BCUT2D eigenvalue weighted by Crippen LogP contribution is 2.30. The standard InChI is InChI=1S/C15H17N3O5/c1-4-23-14(19)11-7-5-6-10(8-11)12-13(18(21)22)9(2)17(3)15(20)16-12/h5-8,12H,4H2,1-3H3,(H,16,20). The number of carbonyl (C=O) groups is 2. The van der Waals surface area contributed by atoms with E-state index >= 15 is 0 Å².